The standard InChI is InChI=1S/C18H20O2S/c1-2-16(19)15-8-4-5-9-17(15)20-12-14-11-13-7-3-6-10-18(13)21-14/h3-10,14,16,19H,2,11-12H2,1H3/t14?,16-/m1/s1. The first-order valence-corrected chi connectivity index (χ1v) is 8.30. The summed E-state index contributed by atoms with van der Waals surface area (Å²) in [5, 5.41) is 10.5. The molecule has 0 saturated carbocycles. The Bertz CT molecular complexity index is 587. The average Bonchev–Trinajstić information content (AvgIpc) is 2.95. The number of rotatable bonds is 5. The summed E-state index contributed by atoms with van der Waals surface area (Å²) < 4.78 is 5.99. The van der Waals surface area contributed by atoms with Gasteiger partial charge in [-0.1, -0.05) is 43.3 Å². The van der Waals surface area contributed by atoms with Crippen molar-refractivity contribution in [2.45, 2.75) is 36.0 Å². The third-order valence-corrected chi connectivity index (χ3v) is 5.09. The molecule has 110 valence electrons. The molecular weight excluding hydrogens is 280 g/mol. The topological polar surface area (TPSA) is 29.5 Å². The molecule has 1 aliphatic rings. The third-order valence-electron chi connectivity index (χ3n) is 3.80. The fourth-order valence-electron chi connectivity index (χ4n) is 2.64. The Hall–Kier alpha value is -1.45. The smallest absolute Gasteiger partial charge is 0.125 e. The Morgan fingerprint density at radius 3 is 2.76 bits per heavy atom. The van der Waals surface area contributed by atoms with Gasteiger partial charge in [-0.05, 0) is 30.5 Å². The molecule has 0 saturated heterocycles. The van der Waals surface area contributed by atoms with E-state index >= 15 is 0 Å². The minimum Gasteiger partial charge on any atom is -0.492 e. The molecule has 3 heteroatoms. The number of aliphatic hydroxyl groups is 1. The fourth-order valence-corrected chi connectivity index (χ4v) is 3.85. The lowest BCUT2D eigenvalue weighted by Gasteiger charge is -2.16. The summed E-state index contributed by atoms with van der Waals surface area (Å²) in [5.74, 6) is 0.809. The molecule has 3 rings (SSSR count). The molecule has 2 nitrogen and oxygen atoms in total. The molecule has 1 heterocycles. The Morgan fingerprint density at radius 2 is 1.95 bits per heavy atom. The number of hydrogen-bond donors (Lipinski definition) is 1. The molecule has 0 radical (unpaired) electrons. The lowest BCUT2D eigenvalue weighted by Crippen LogP contribution is -2.14. The summed E-state index contributed by atoms with van der Waals surface area (Å²) in [7, 11) is 0. The first kappa shape index (κ1) is 14.5. The second-order valence-electron chi connectivity index (χ2n) is 5.32. The Morgan fingerprint density at radius 1 is 1.19 bits per heavy atom. The van der Waals surface area contributed by atoms with Gasteiger partial charge in [-0.3, -0.25) is 0 Å². The van der Waals surface area contributed by atoms with Crippen LogP contribution in [0.25, 0.3) is 0 Å². The average molecular weight is 300 g/mol. The maximum Gasteiger partial charge on any atom is 0.125 e. The molecule has 2 aromatic rings. The van der Waals surface area contributed by atoms with E-state index in [0.717, 1.165) is 17.7 Å². The monoisotopic (exact) mass is 300 g/mol. The highest BCUT2D eigenvalue weighted by molar-refractivity contribution is 8.00. The van der Waals surface area contributed by atoms with E-state index in [1.165, 1.54) is 10.5 Å². The van der Waals surface area contributed by atoms with Crippen molar-refractivity contribution < 1.29 is 9.84 Å². The van der Waals surface area contributed by atoms with Crippen LogP contribution in [0.5, 0.6) is 5.75 Å². The molecule has 1 N–H and O–H groups in total. The normalized spacial score (nSPS) is 18.3. The maximum atomic E-state index is 10.1. The molecule has 0 aliphatic carbocycles. The van der Waals surface area contributed by atoms with Crippen LogP contribution in [0.2, 0.25) is 0 Å². The number of aliphatic hydroxyl groups excluding tert-OH is 1. The maximum absolute atomic E-state index is 10.1. The Balaban J connectivity index is 1.65. The van der Waals surface area contributed by atoms with Crippen LogP contribution in [-0.4, -0.2) is 17.0 Å². The first-order chi connectivity index (χ1) is 10.3. The minimum atomic E-state index is -0.449. The van der Waals surface area contributed by atoms with Gasteiger partial charge in [-0.15, -0.1) is 11.8 Å². The third kappa shape index (κ3) is 3.25. The van der Waals surface area contributed by atoms with E-state index in [-0.39, 0.29) is 0 Å². The van der Waals surface area contributed by atoms with E-state index in [2.05, 4.69) is 24.3 Å². The van der Waals surface area contributed by atoms with Crippen molar-refractivity contribution in [2.75, 3.05) is 6.61 Å². The highest BCUT2D eigenvalue weighted by atomic mass is 32.2. The van der Waals surface area contributed by atoms with Crippen molar-refractivity contribution in [2.24, 2.45) is 0 Å². The van der Waals surface area contributed by atoms with E-state index in [1.807, 2.05) is 43.0 Å². The number of benzene rings is 2. The number of hydrogen-bond acceptors (Lipinski definition) is 3. The van der Waals surface area contributed by atoms with Crippen LogP contribution in [0.15, 0.2) is 53.4 Å². The van der Waals surface area contributed by atoms with E-state index < -0.39 is 6.10 Å². The zero-order valence-electron chi connectivity index (χ0n) is 12.2. The minimum absolute atomic E-state index is 0.449. The molecule has 21 heavy (non-hydrogen) atoms. The largest absolute Gasteiger partial charge is 0.492 e. The van der Waals surface area contributed by atoms with Crippen molar-refractivity contribution in [3.8, 4) is 5.75 Å². The van der Waals surface area contributed by atoms with Crippen LogP contribution < -0.4 is 4.74 Å². The van der Waals surface area contributed by atoms with Crippen LogP contribution in [0.4, 0.5) is 0 Å². The fraction of sp³-hybridized carbons (Fsp3) is 0.333. The summed E-state index contributed by atoms with van der Waals surface area (Å²) in [4.78, 5) is 1.37. The zero-order chi connectivity index (χ0) is 14.7. The van der Waals surface area contributed by atoms with Gasteiger partial charge in [0, 0.05) is 15.7 Å². The SMILES string of the molecule is CC[C@@H](O)c1ccccc1OCC1Cc2ccccc2S1. The molecular formula is C18H20O2S. The van der Waals surface area contributed by atoms with Gasteiger partial charge >= 0.3 is 0 Å². The van der Waals surface area contributed by atoms with Crippen molar-refractivity contribution in [1.29, 1.82) is 0 Å². The molecule has 1 aliphatic heterocycles. The van der Waals surface area contributed by atoms with E-state index in [4.69, 9.17) is 4.74 Å². The predicted molar refractivity (Wildman–Crippen MR) is 87.0 cm³/mol. The van der Waals surface area contributed by atoms with Crippen molar-refractivity contribution in [1.82, 2.24) is 0 Å². The van der Waals surface area contributed by atoms with Crippen LogP contribution in [0.1, 0.15) is 30.6 Å². The van der Waals surface area contributed by atoms with Gasteiger partial charge in [-0.2, -0.15) is 0 Å². The molecule has 0 aromatic heterocycles. The second-order valence-corrected chi connectivity index (χ2v) is 6.67. The summed E-state index contributed by atoms with van der Waals surface area (Å²) in [5.41, 5.74) is 2.30. The number of thioether (sulfide) groups is 1. The molecule has 1 unspecified atom stereocenters. The second kappa shape index (κ2) is 6.54. The summed E-state index contributed by atoms with van der Waals surface area (Å²) in [6.07, 6.45) is 1.30. The van der Waals surface area contributed by atoms with Crippen molar-refractivity contribution in [3.05, 3.63) is 59.7 Å². The van der Waals surface area contributed by atoms with Crippen LogP contribution in [-0.2, 0) is 6.42 Å². The summed E-state index contributed by atoms with van der Waals surface area (Å²) >= 11 is 1.89. The van der Waals surface area contributed by atoms with Gasteiger partial charge in [0.15, 0.2) is 0 Å². The lowest BCUT2D eigenvalue weighted by atomic mass is 10.1. The van der Waals surface area contributed by atoms with Gasteiger partial charge in [-0.25, -0.2) is 0 Å². The van der Waals surface area contributed by atoms with Gasteiger partial charge < -0.3 is 9.84 Å². The lowest BCUT2D eigenvalue weighted by molar-refractivity contribution is 0.167. The first-order valence-electron chi connectivity index (χ1n) is 7.42. The zero-order valence-corrected chi connectivity index (χ0v) is 13.0. The molecule has 2 atom stereocenters. The van der Waals surface area contributed by atoms with Gasteiger partial charge in [0.2, 0.25) is 0 Å². The van der Waals surface area contributed by atoms with Crippen LogP contribution in [0.3, 0.4) is 0 Å². The van der Waals surface area contributed by atoms with Crippen molar-refractivity contribution >= 4 is 11.8 Å². The summed E-state index contributed by atoms with van der Waals surface area (Å²) in [6, 6.07) is 16.3. The van der Waals surface area contributed by atoms with Crippen LogP contribution in [0, 0.1) is 0 Å². The Labute approximate surface area is 130 Å². The predicted octanol–water partition coefficient (Wildman–Crippen LogP) is 4.23. The van der Waals surface area contributed by atoms with E-state index in [9.17, 15) is 5.11 Å². The van der Waals surface area contributed by atoms with Gasteiger partial charge in [0.05, 0.1) is 6.10 Å². The quantitative estimate of drug-likeness (QED) is 0.896. The van der Waals surface area contributed by atoms with Gasteiger partial charge in [0.1, 0.15) is 12.4 Å². The number of fused-ring (bicyclic) bond motifs is 1. The summed E-state index contributed by atoms with van der Waals surface area (Å²) in [6.45, 7) is 2.65. The van der Waals surface area contributed by atoms with Crippen LogP contribution >= 0.6 is 11.8 Å². The molecule has 0 bridgehead atoms. The highest BCUT2D eigenvalue weighted by Crippen LogP contribution is 2.37. The Kier molecular flexibility index (Phi) is 4.51. The number of para-hydroxylation sites is 1. The molecule has 0 spiro atoms. The van der Waals surface area contributed by atoms with E-state index in [1.54, 1.807) is 0 Å². The molecule has 0 fully saturated rings. The van der Waals surface area contributed by atoms with Crippen molar-refractivity contribution in [3.63, 3.8) is 0 Å². The highest BCUT2D eigenvalue weighted by Gasteiger charge is 2.22. The number of ether oxygens (including phenoxy) is 1. The van der Waals surface area contributed by atoms with Gasteiger partial charge in [0.25, 0.3) is 0 Å². The van der Waals surface area contributed by atoms with E-state index in [0.29, 0.717) is 18.3 Å². The molecule has 2 aromatic carbocycles. The molecule has 0 amide bonds.